The lowest BCUT2D eigenvalue weighted by molar-refractivity contribution is -0.120. The first kappa shape index (κ1) is 18.2. The Labute approximate surface area is 143 Å². The summed E-state index contributed by atoms with van der Waals surface area (Å²) in [6, 6.07) is 12.9. The molecule has 0 spiro atoms. The molecule has 0 aliphatic heterocycles. The molecule has 1 N–H and O–H groups in total. The fraction of sp³-hybridized carbons (Fsp3) is 0.316. The van der Waals surface area contributed by atoms with Crippen molar-refractivity contribution < 1.29 is 13.2 Å². The van der Waals surface area contributed by atoms with Gasteiger partial charge >= 0.3 is 0 Å². The molecule has 4 nitrogen and oxygen atoms in total. The van der Waals surface area contributed by atoms with Gasteiger partial charge in [0.05, 0.1) is 4.90 Å². The normalized spacial score (nSPS) is 12.7. The van der Waals surface area contributed by atoms with Gasteiger partial charge in [-0.25, -0.2) is 8.42 Å². The van der Waals surface area contributed by atoms with Crippen LogP contribution in [-0.4, -0.2) is 19.6 Å². The molecule has 24 heavy (non-hydrogen) atoms. The molecule has 0 saturated carbocycles. The third-order valence-corrected chi connectivity index (χ3v) is 6.28. The van der Waals surface area contributed by atoms with Gasteiger partial charge in [-0.3, -0.25) is 4.79 Å². The maximum Gasteiger partial charge on any atom is 0.238 e. The molecule has 2 rings (SSSR count). The fourth-order valence-corrected chi connectivity index (χ4v) is 4.00. The van der Waals surface area contributed by atoms with Crippen LogP contribution in [0.25, 0.3) is 0 Å². The molecule has 0 aliphatic carbocycles. The Bertz CT molecular complexity index is 839. The Morgan fingerprint density at radius 1 is 1.00 bits per heavy atom. The number of amides is 1. The van der Waals surface area contributed by atoms with E-state index in [-0.39, 0.29) is 4.90 Å². The number of rotatable bonds is 5. The van der Waals surface area contributed by atoms with Crippen LogP contribution < -0.4 is 5.32 Å². The minimum Gasteiger partial charge on any atom is -0.351 e. The van der Waals surface area contributed by atoms with Gasteiger partial charge in [0.25, 0.3) is 0 Å². The molecular formula is C19H23NO3S. The summed E-state index contributed by atoms with van der Waals surface area (Å²) in [4.78, 5) is 12.5. The van der Waals surface area contributed by atoms with Crippen molar-refractivity contribution in [2.24, 2.45) is 0 Å². The van der Waals surface area contributed by atoms with Crippen molar-refractivity contribution in [3.05, 3.63) is 64.7 Å². The molecule has 1 unspecified atom stereocenters. The fourth-order valence-electron chi connectivity index (χ4n) is 2.49. The van der Waals surface area contributed by atoms with Crippen LogP contribution in [0, 0.1) is 20.8 Å². The average molecular weight is 345 g/mol. The SMILES string of the molecule is Cc1ccc(CNC(=O)C(C)S(=O)(=O)c2ccc(C)cc2C)cc1. The summed E-state index contributed by atoms with van der Waals surface area (Å²) in [6.07, 6.45) is 0. The third-order valence-electron chi connectivity index (χ3n) is 4.06. The molecule has 5 heteroatoms. The van der Waals surface area contributed by atoms with Gasteiger partial charge in [0, 0.05) is 6.54 Å². The van der Waals surface area contributed by atoms with E-state index in [1.807, 2.05) is 44.2 Å². The number of hydrogen-bond donors (Lipinski definition) is 1. The van der Waals surface area contributed by atoms with Crippen molar-refractivity contribution in [2.75, 3.05) is 0 Å². The smallest absolute Gasteiger partial charge is 0.238 e. The number of sulfone groups is 1. The summed E-state index contributed by atoms with van der Waals surface area (Å²) in [5, 5.41) is 1.57. The Hall–Kier alpha value is -2.14. The van der Waals surface area contributed by atoms with Crippen LogP contribution >= 0.6 is 0 Å². The molecule has 0 radical (unpaired) electrons. The molecule has 0 aromatic heterocycles. The highest BCUT2D eigenvalue weighted by Crippen LogP contribution is 2.21. The van der Waals surface area contributed by atoms with Crippen LogP contribution in [0.4, 0.5) is 0 Å². The van der Waals surface area contributed by atoms with E-state index in [1.54, 1.807) is 19.1 Å². The monoisotopic (exact) mass is 345 g/mol. The van der Waals surface area contributed by atoms with Crippen molar-refractivity contribution in [2.45, 2.75) is 44.4 Å². The first-order chi connectivity index (χ1) is 11.2. The highest BCUT2D eigenvalue weighted by atomic mass is 32.2. The van der Waals surface area contributed by atoms with E-state index < -0.39 is 21.0 Å². The molecule has 1 amide bonds. The molecule has 2 aromatic carbocycles. The molecule has 0 fully saturated rings. The zero-order chi connectivity index (χ0) is 17.9. The number of hydrogen-bond acceptors (Lipinski definition) is 3. The van der Waals surface area contributed by atoms with Gasteiger partial charge in [-0.1, -0.05) is 47.5 Å². The van der Waals surface area contributed by atoms with Crippen molar-refractivity contribution >= 4 is 15.7 Å². The quantitative estimate of drug-likeness (QED) is 0.906. The van der Waals surface area contributed by atoms with E-state index >= 15 is 0 Å². The maximum absolute atomic E-state index is 12.7. The van der Waals surface area contributed by atoms with Gasteiger partial charge in [-0.15, -0.1) is 0 Å². The van der Waals surface area contributed by atoms with E-state index in [4.69, 9.17) is 0 Å². The second kappa shape index (κ2) is 7.18. The second-order valence-corrected chi connectivity index (χ2v) is 8.40. The molecule has 0 heterocycles. The third kappa shape index (κ3) is 4.03. The summed E-state index contributed by atoms with van der Waals surface area (Å²) in [5.41, 5.74) is 3.72. The van der Waals surface area contributed by atoms with E-state index in [0.29, 0.717) is 12.1 Å². The molecule has 0 aliphatic rings. The van der Waals surface area contributed by atoms with Gasteiger partial charge in [-0.2, -0.15) is 0 Å². The van der Waals surface area contributed by atoms with Gasteiger partial charge in [0.15, 0.2) is 9.84 Å². The van der Waals surface area contributed by atoms with Gasteiger partial charge in [0.2, 0.25) is 5.91 Å². The second-order valence-electron chi connectivity index (χ2n) is 6.16. The highest BCUT2D eigenvalue weighted by molar-refractivity contribution is 7.92. The van der Waals surface area contributed by atoms with E-state index in [1.165, 1.54) is 6.92 Å². The molecule has 2 aromatic rings. The van der Waals surface area contributed by atoms with E-state index in [9.17, 15) is 13.2 Å². The summed E-state index contributed by atoms with van der Waals surface area (Å²) in [7, 11) is -3.71. The van der Waals surface area contributed by atoms with Crippen LogP contribution in [0.5, 0.6) is 0 Å². The average Bonchev–Trinajstić information content (AvgIpc) is 2.53. The lowest BCUT2D eigenvalue weighted by atomic mass is 10.1. The minimum atomic E-state index is -3.71. The Kier molecular flexibility index (Phi) is 5.44. The van der Waals surface area contributed by atoms with Crippen LogP contribution in [-0.2, 0) is 21.2 Å². The number of carbonyl (C=O) groups is 1. The van der Waals surface area contributed by atoms with Crippen molar-refractivity contribution in [3.8, 4) is 0 Å². The van der Waals surface area contributed by atoms with Crippen molar-refractivity contribution in [1.29, 1.82) is 0 Å². The minimum absolute atomic E-state index is 0.214. The number of benzene rings is 2. The lowest BCUT2D eigenvalue weighted by Crippen LogP contribution is -2.37. The zero-order valence-electron chi connectivity index (χ0n) is 14.5. The van der Waals surface area contributed by atoms with Crippen molar-refractivity contribution in [1.82, 2.24) is 5.32 Å². The molecular weight excluding hydrogens is 322 g/mol. The van der Waals surface area contributed by atoms with Gasteiger partial charge < -0.3 is 5.32 Å². The summed E-state index contributed by atoms with van der Waals surface area (Å²) < 4.78 is 25.4. The Morgan fingerprint density at radius 2 is 1.58 bits per heavy atom. The lowest BCUT2D eigenvalue weighted by Gasteiger charge is -2.15. The highest BCUT2D eigenvalue weighted by Gasteiger charge is 2.30. The van der Waals surface area contributed by atoms with Gasteiger partial charge in [0.1, 0.15) is 5.25 Å². The number of nitrogens with one attached hydrogen (secondary N) is 1. The molecule has 1 atom stereocenters. The van der Waals surface area contributed by atoms with Crippen LogP contribution in [0.2, 0.25) is 0 Å². The topological polar surface area (TPSA) is 63.2 Å². The first-order valence-electron chi connectivity index (χ1n) is 7.86. The van der Waals surface area contributed by atoms with Crippen LogP contribution in [0.3, 0.4) is 0 Å². The number of carbonyl (C=O) groups excluding carboxylic acids is 1. The molecule has 128 valence electrons. The Balaban J connectivity index is 2.12. The molecule has 0 bridgehead atoms. The summed E-state index contributed by atoms with van der Waals surface area (Å²) in [5.74, 6) is -0.490. The van der Waals surface area contributed by atoms with E-state index in [0.717, 1.165) is 16.7 Å². The van der Waals surface area contributed by atoms with Crippen LogP contribution in [0.15, 0.2) is 47.4 Å². The zero-order valence-corrected chi connectivity index (χ0v) is 15.3. The van der Waals surface area contributed by atoms with Crippen LogP contribution in [0.1, 0.15) is 29.2 Å². The first-order valence-corrected chi connectivity index (χ1v) is 9.41. The Morgan fingerprint density at radius 3 is 2.17 bits per heavy atom. The largest absolute Gasteiger partial charge is 0.351 e. The maximum atomic E-state index is 12.7. The standard InChI is InChI=1S/C19H23NO3S/c1-13-5-8-17(9-6-13)12-20-19(21)16(4)24(22,23)18-10-7-14(2)11-15(18)3/h5-11,16H,12H2,1-4H3,(H,20,21). The van der Waals surface area contributed by atoms with Gasteiger partial charge in [-0.05, 0) is 44.9 Å². The summed E-state index contributed by atoms with van der Waals surface area (Å²) >= 11 is 0. The predicted octanol–water partition coefficient (Wildman–Crippen LogP) is 3.09. The summed E-state index contributed by atoms with van der Waals surface area (Å²) in [6.45, 7) is 7.38. The number of aryl methyl sites for hydroxylation is 3. The molecule has 0 saturated heterocycles. The van der Waals surface area contributed by atoms with Crippen molar-refractivity contribution in [3.63, 3.8) is 0 Å². The predicted molar refractivity (Wildman–Crippen MR) is 95.6 cm³/mol. The van der Waals surface area contributed by atoms with E-state index in [2.05, 4.69) is 5.32 Å².